The van der Waals surface area contributed by atoms with Crippen LogP contribution in [0.4, 0.5) is 0 Å². The van der Waals surface area contributed by atoms with Crippen LogP contribution in [0.2, 0.25) is 0 Å². The first-order chi connectivity index (χ1) is 16.7. The van der Waals surface area contributed by atoms with Crippen molar-refractivity contribution in [3.8, 4) is 17.2 Å². The zero-order valence-corrected chi connectivity index (χ0v) is 19.6. The van der Waals surface area contributed by atoms with E-state index in [0.717, 1.165) is 5.56 Å². The van der Waals surface area contributed by atoms with Gasteiger partial charge in [-0.25, -0.2) is 4.79 Å². The van der Waals surface area contributed by atoms with Gasteiger partial charge in [0.05, 0.1) is 31.1 Å². The molecule has 0 amide bonds. The number of hydrogen-bond donors (Lipinski definition) is 4. The summed E-state index contributed by atoms with van der Waals surface area (Å²) in [5.74, 6) is 0.619. The molecule has 4 aromatic rings. The summed E-state index contributed by atoms with van der Waals surface area (Å²) in [6, 6.07) is 8.10. The molecule has 0 spiro atoms. The molecule has 0 radical (unpaired) electrons. The van der Waals surface area contributed by atoms with Gasteiger partial charge in [0.25, 0.3) is 0 Å². The first kappa shape index (κ1) is 23.4. The highest BCUT2D eigenvalue weighted by Gasteiger charge is 2.46. The largest absolute Gasteiger partial charge is 0.507 e. The predicted octanol–water partition coefficient (Wildman–Crippen LogP) is 2.67. The first-order valence-corrected chi connectivity index (χ1v) is 11.1. The molecular weight excluding hydrogens is 456 g/mol. The Balaban J connectivity index is 1.95. The van der Waals surface area contributed by atoms with Gasteiger partial charge >= 0.3 is 5.63 Å². The smallest absolute Gasteiger partial charge is 0.344 e. The summed E-state index contributed by atoms with van der Waals surface area (Å²) in [5.41, 5.74) is 0.694. The molecule has 1 aromatic heterocycles. The molecule has 0 unspecified atom stereocenters. The third-order valence-corrected chi connectivity index (χ3v) is 6.66. The van der Waals surface area contributed by atoms with Crippen molar-refractivity contribution in [1.29, 1.82) is 0 Å². The zero-order valence-electron chi connectivity index (χ0n) is 19.6. The second kappa shape index (κ2) is 8.39. The van der Waals surface area contributed by atoms with Crippen molar-refractivity contribution in [2.75, 3.05) is 14.2 Å². The van der Waals surface area contributed by atoms with E-state index in [4.69, 9.17) is 18.6 Å². The monoisotopic (exact) mass is 482 g/mol. The molecule has 0 bridgehead atoms. The molecule has 1 saturated heterocycles. The van der Waals surface area contributed by atoms with Gasteiger partial charge in [0.15, 0.2) is 0 Å². The van der Waals surface area contributed by atoms with Gasteiger partial charge in [0, 0.05) is 16.2 Å². The van der Waals surface area contributed by atoms with Gasteiger partial charge in [-0.15, -0.1) is 0 Å². The average molecular weight is 482 g/mol. The fourth-order valence-corrected chi connectivity index (χ4v) is 5.06. The van der Waals surface area contributed by atoms with E-state index in [0.29, 0.717) is 33.2 Å². The van der Waals surface area contributed by atoms with Crippen molar-refractivity contribution in [3.05, 3.63) is 51.9 Å². The van der Waals surface area contributed by atoms with Gasteiger partial charge < -0.3 is 39.1 Å². The number of aromatic hydroxyl groups is 1. The number of hydrogen-bond acceptors (Lipinski definition) is 9. The lowest BCUT2D eigenvalue weighted by Crippen LogP contribution is -2.36. The van der Waals surface area contributed by atoms with Crippen molar-refractivity contribution in [2.45, 2.75) is 44.4 Å². The SMILES string of the molecule is COc1cc2c(oc(=O)c3cc(C)cc(OC)c32)c2c([C@@H]3O[C@@H]([C@H](C)O)[C@@H](O)[C@H]3O)ccc(O)c12. The summed E-state index contributed by atoms with van der Waals surface area (Å²) in [6.45, 7) is 3.29. The first-order valence-electron chi connectivity index (χ1n) is 11.1. The topological polar surface area (TPSA) is 139 Å². The van der Waals surface area contributed by atoms with Crippen molar-refractivity contribution < 1.29 is 39.1 Å². The fourth-order valence-electron chi connectivity index (χ4n) is 5.06. The lowest BCUT2D eigenvalue weighted by Gasteiger charge is -2.20. The van der Waals surface area contributed by atoms with E-state index in [1.54, 1.807) is 18.2 Å². The van der Waals surface area contributed by atoms with Crippen LogP contribution in [0.25, 0.3) is 32.5 Å². The molecule has 5 atom stereocenters. The quantitative estimate of drug-likeness (QED) is 0.255. The van der Waals surface area contributed by atoms with E-state index < -0.39 is 36.1 Å². The van der Waals surface area contributed by atoms with Crippen molar-refractivity contribution >= 4 is 32.5 Å². The van der Waals surface area contributed by atoms with Crippen LogP contribution in [-0.2, 0) is 4.74 Å². The van der Waals surface area contributed by atoms with Crippen LogP contribution < -0.4 is 15.1 Å². The Morgan fingerprint density at radius 1 is 0.943 bits per heavy atom. The Bertz CT molecular complexity index is 1520. The van der Waals surface area contributed by atoms with Crippen LogP contribution in [0, 0.1) is 6.92 Å². The summed E-state index contributed by atoms with van der Waals surface area (Å²) in [6.07, 6.45) is -5.89. The standard InChI is InChI=1S/C26H26O9/c1-10-7-14-18(16(8-10)32-3)13-9-17(33-4)20-15(28)6-5-12(19(20)24(13)35-26(14)31)25-22(30)21(29)23(34-25)11(2)27/h5-9,11,21-23,25,27-30H,1-4H3/t11-,21-,22+,23-,25-/m0/s1. The molecule has 9 heteroatoms. The fraction of sp³-hybridized carbons (Fsp3) is 0.346. The average Bonchev–Trinajstić information content (AvgIpc) is 3.13. The molecule has 4 N–H and O–H groups in total. The molecule has 2 heterocycles. The summed E-state index contributed by atoms with van der Waals surface area (Å²) in [4.78, 5) is 13.1. The van der Waals surface area contributed by atoms with Crippen LogP contribution in [0.15, 0.2) is 39.5 Å². The van der Waals surface area contributed by atoms with Gasteiger partial charge in [-0.2, -0.15) is 0 Å². The van der Waals surface area contributed by atoms with E-state index in [-0.39, 0.29) is 22.1 Å². The van der Waals surface area contributed by atoms with Crippen LogP contribution in [-0.4, -0.2) is 59.1 Å². The predicted molar refractivity (Wildman–Crippen MR) is 128 cm³/mol. The molecule has 1 aliphatic heterocycles. The lowest BCUT2D eigenvalue weighted by molar-refractivity contribution is -0.0586. The molecule has 35 heavy (non-hydrogen) atoms. The van der Waals surface area contributed by atoms with Crippen molar-refractivity contribution in [1.82, 2.24) is 0 Å². The number of phenolic OH excluding ortho intramolecular Hbond substituents is 1. The van der Waals surface area contributed by atoms with Gasteiger partial charge in [-0.05, 0) is 49.2 Å². The third kappa shape index (κ3) is 3.42. The van der Waals surface area contributed by atoms with Crippen LogP contribution in [0.3, 0.4) is 0 Å². The zero-order chi connectivity index (χ0) is 25.2. The normalized spacial score (nSPS) is 23.3. The number of aliphatic hydroxyl groups excluding tert-OH is 3. The minimum absolute atomic E-state index is 0.136. The number of ether oxygens (including phenoxy) is 3. The molecule has 1 fully saturated rings. The molecule has 5 rings (SSSR count). The minimum atomic E-state index is -1.38. The molecule has 1 aliphatic rings. The molecule has 184 valence electrons. The van der Waals surface area contributed by atoms with E-state index >= 15 is 0 Å². The Morgan fingerprint density at radius 2 is 1.63 bits per heavy atom. The maximum absolute atomic E-state index is 13.1. The Morgan fingerprint density at radius 3 is 2.26 bits per heavy atom. The van der Waals surface area contributed by atoms with Gasteiger partial charge in [-0.1, -0.05) is 6.07 Å². The minimum Gasteiger partial charge on any atom is -0.507 e. The van der Waals surface area contributed by atoms with Crippen molar-refractivity contribution in [3.63, 3.8) is 0 Å². The maximum Gasteiger partial charge on any atom is 0.344 e. The van der Waals surface area contributed by atoms with Gasteiger partial charge in [0.2, 0.25) is 0 Å². The van der Waals surface area contributed by atoms with Crippen LogP contribution in [0.1, 0.15) is 24.2 Å². The number of phenols is 1. The summed E-state index contributed by atoms with van der Waals surface area (Å²) < 4.78 is 22.9. The molecule has 9 nitrogen and oxygen atoms in total. The van der Waals surface area contributed by atoms with Gasteiger partial charge in [-0.3, -0.25) is 0 Å². The number of aryl methyl sites for hydroxylation is 1. The Kier molecular flexibility index (Phi) is 5.60. The van der Waals surface area contributed by atoms with E-state index in [2.05, 4.69) is 0 Å². The summed E-state index contributed by atoms with van der Waals surface area (Å²) >= 11 is 0. The number of methoxy groups -OCH3 is 2. The summed E-state index contributed by atoms with van der Waals surface area (Å²) in [7, 11) is 2.95. The Hall–Kier alpha value is -3.37. The third-order valence-electron chi connectivity index (χ3n) is 6.66. The molecule has 0 saturated carbocycles. The van der Waals surface area contributed by atoms with Crippen LogP contribution in [0.5, 0.6) is 17.2 Å². The van der Waals surface area contributed by atoms with E-state index in [1.807, 2.05) is 6.92 Å². The van der Waals surface area contributed by atoms with E-state index in [1.165, 1.54) is 33.3 Å². The number of aliphatic hydroxyl groups is 3. The lowest BCUT2D eigenvalue weighted by atomic mass is 9.92. The molecule has 3 aromatic carbocycles. The van der Waals surface area contributed by atoms with Crippen molar-refractivity contribution in [2.24, 2.45) is 0 Å². The molecular formula is C26H26O9. The maximum atomic E-state index is 13.1. The number of fused-ring (bicyclic) bond motifs is 5. The summed E-state index contributed by atoms with van der Waals surface area (Å²) in [5, 5.41) is 43.9. The van der Waals surface area contributed by atoms with E-state index in [9.17, 15) is 25.2 Å². The second-order valence-corrected chi connectivity index (χ2v) is 8.90. The number of rotatable bonds is 4. The Labute approximate surface area is 199 Å². The second-order valence-electron chi connectivity index (χ2n) is 8.90. The molecule has 0 aliphatic carbocycles. The highest BCUT2D eigenvalue weighted by molar-refractivity contribution is 6.19. The highest BCUT2D eigenvalue weighted by Crippen LogP contribution is 2.47. The number of benzene rings is 3. The van der Waals surface area contributed by atoms with Crippen LogP contribution >= 0.6 is 0 Å². The highest BCUT2D eigenvalue weighted by atomic mass is 16.6. The van der Waals surface area contributed by atoms with Gasteiger partial charge in [0.1, 0.15) is 47.2 Å².